The minimum absolute atomic E-state index is 0.0182. The standard InChI is InChI=1S/C14H15N3O4/c18-12-13(19)17(16-7-2-1-3-8-16)10-6-4-5-9(14(20)21)11(10)15-12/h4-6H,1-3,7-8H2,(H,15,18)(H,20,21). The molecule has 1 fully saturated rings. The Morgan fingerprint density at radius 3 is 2.52 bits per heavy atom. The van der Waals surface area contributed by atoms with Crippen LogP contribution in [-0.2, 0) is 0 Å². The van der Waals surface area contributed by atoms with Crippen molar-refractivity contribution in [3.8, 4) is 0 Å². The van der Waals surface area contributed by atoms with E-state index in [1.807, 2.05) is 5.01 Å². The third-order valence-electron chi connectivity index (χ3n) is 3.74. The van der Waals surface area contributed by atoms with E-state index in [-0.39, 0.29) is 11.1 Å². The van der Waals surface area contributed by atoms with Crippen LogP contribution in [0.15, 0.2) is 27.8 Å². The molecule has 0 unspecified atom stereocenters. The molecule has 0 aliphatic carbocycles. The summed E-state index contributed by atoms with van der Waals surface area (Å²) in [7, 11) is 0. The number of H-pyrrole nitrogens is 1. The zero-order valence-electron chi connectivity index (χ0n) is 11.3. The zero-order valence-corrected chi connectivity index (χ0v) is 11.3. The minimum Gasteiger partial charge on any atom is -0.478 e. The Balaban J connectivity index is 2.34. The van der Waals surface area contributed by atoms with Gasteiger partial charge in [0.15, 0.2) is 0 Å². The molecule has 0 atom stereocenters. The predicted molar refractivity (Wildman–Crippen MR) is 77.6 cm³/mol. The van der Waals surface area contributed by atoms with Crippen molar-refractivity contribution in [3.63, 3.8) is 0 Å². The number of aromatic amines is 1. The lowest BCUT2D eigenvalue weighted by molar-refractivity contribution is 0.0699. The van der Waals surface area contributed by atoms with Gasteiger partial charge in [-0.05, 0) is 31.4 Å². The van der Waals surface area contributed by atoms with Gasteiger partial charge in [-0.3, -0.25) is 9.59 Å². The van der Waals surface area contributed by atoms with Crippen LogP contribution in [0.4, 0.5) is 0 Å². The highest BCUT2D eigenvalue weighted by atomic mass is 16.4. The fourth-order valence-corrected chi connectivity index (χ4v) is 2.76. The van der Waals surface area contributed by atoms with Crippen LogP contribution < -0.4 is 16.1 Å². The van der Waals surface area contributed by atoms with Crippen molar-refractivity contribution in [3.05, 3.63) is 44.5 Å². The molecule has 0 amide bonds. The summed E-state index contributed by atoms with van der Waals surface area (Å²) < 4.78 is 1.32. The van der Waals surface area contributed by atoms with Gasteiger partial charge >= 0.3 is 17.1 Å². The number of rotatable bonds is 2. The Hall–Kier alpha value is -2.57. The number of aromatic carboxylic acids is 1. The molecular formula is C14H15N3O4. The summed E-state index contributed by atoms with van der Waals surface area (Å²) in [6.07, 6.45) is 2.98. The molecule has 2 aromatic rings. The number of hydrogen-bond donors (Lipinski definition) is 2. The molecule has 0 radical (unpaired) electrons. The molecule has 1 saturated heterocycles. The van der Waals surface area contributed by atoms with Crippen molar-refractivity contribution in [1.29, 1.82) is 0 Å². The van der Waals surface area contributed by atoms with Crippen LogP contribution in [0, 0.1) is 0 Å². The minimum atomic E-state index is -1.14. The molecule has 0 saturated carbocycles. The maximum atomic E-state index is 12.2. The first kappa shape index (κ1) is 13.4. The SMILES string of the molecule is O=C(O)c1cccc2c1[nH]c(=O)c(=O)n2N1CCCCC1. The van der Waals surface area contributed by atoms with Crippen LogP contribution in [0.25, 0.3) is 11.0 Å². The lowest BCUT2D eigenvalue weighted by atomic mass is 10.1. The van der Waals surface area contributed by atoms with E-state index in [0.717, 1.165) is 19.3 Å². The Labute approximate surface area is 119 Å². The number of nitrogens with one attached hydrogen (secondary N) is 1. The lowest BCUT2D eigenvalue weighted by Crippen LogP contribution is -2.50. The molecule has 1 aliphatic heterocycles. The molecular weight excluding hydrogens is 274 g/mol. The second-order valence-electron chi connectivity index (χ2n) is 5.09. The topological polar surface area (TPSA) is 95.4 Å². The molecule has 2 heterocycles. The largest absolute Gasteiger partial charge is 0.478 e. The average molecular weight is 289 g/mol. The van der Waals surface area contributed by atoms with Crippen LogP contribution in [-0.4, -0.2) is 33.8 Å². The van der Waals surface area contributed by atoms with E-state index < -0.39 is 17.1 Å². The van der Waals surface area contributed by atoms with Gasteiger partial charge in [0.1, 0.15) is 0 Å². The highest BCUT2D eigenvalue weighted by molar-refractivity contribution is 6.00. The molecule has 1 aliphatic rings. The van der Waals surface area contributed by atoms with E-state index in [1.54, 1.807) is 12.1 Å². The number of carboxylic acid groups (broad SMARTS) is 1. The fourth-order valence-electron chi connectivity index (χ4n) is 2.76. The third-order valence-corrected chi connectivity index (χ3v) is 3.74. The van der Waals surface area contributed by atoms with Gasteiger partial charge in [0.25, 0.3) is 0 Å². The smallest absolute Gasteiger partial charge is 0.337 e. The zero-order chi connectivity index (χ0) is 15.0. The van der Waals surface area contributed by atoms with Crippen LogP contribution in [0.5, 0.6) is 0 Å². The number of piperidine rings is 1. The maximum Gasteiger partial charge on any atom is 0.337 e. The summed E-state index contributed by atoms with van der Waals surface area (Å²) in [5.74, 6) is -1.14. The number of aromatic nitrogens is 2. The summed E-state index contributed by atoms with van der Waals surface area (Å²) in [6, 6.07) is 4.63. The molecule has 7 nitrogen and oxygen atoms in total. The molecule has 1 aromatic carbocycles. The maximum absolute atomic E-state index is 12.2. The Morgan fingerprint density at radius 2 is 1.86 bits per heavy atom. The molecule has 110 valence electrons. The molecule has 3 rings (SSSR count). The first-order valence-corrected chi connectivity index (χ1v) is 6.86. The van der Waals surface area contributed by atoms with Crippen molar-refractivity contribution in [2.75, 3.05) is 18.1 Å². The van der Waals surface area contributed by atoms with E-state index in [9.17, 15) is 19.5 Å². The summed E-state index contributed by atoms with van der Waals surface area (Å²) in [5, 5.41) is 11.0. The second kappa shape index (κ2) is 5.08. The highest BCUT2D eigenvalue weighted by Crippen LogP contribution is 2.16. The van der Waals surface area contributed by atoms with E-state index in [0.29, 0.717) is 18.6 Å². The second-order valence-corrected chi connectivity index (χ2v) is 5.09. The molecule has 0 bridgehead atoms. The number of benzene rings is 1. The number of para-hydroxylation sites is 1. The van der Waals surface area contributed by atoms with E-state index >= 15 is 0 Å². The monoisotopic (exact) mass is 289 g/mol. The molecule has 1 aromatic heterocycles. The van der Waals surface area contributed by atoms with E-state index in [2.05, 4.69) is 4.98 Å². The quantitative estimate of drug-likeness (QED) is 0.785. The number of carbonyl (C=O) groups is 1. The number of nitrogens with zero attached hydrogens (tertiary/aromatic N) is 2. The van der Waals surface area contributed by atoms with Crippen LogP contribution in [0.3, 0.4) is 0 Å². The van der Waals surface area contributed by atoms with Gasteiger partial charge in [0.05, 0.1) is 16.6 Å². The number of carboxylic acids is 1. The Morgan fingerprint density at radius 1 is 1.14 bits per heavy atom. The van der Waals surface area contributed by atoms with Crippen molar-refractivity contribution >= 4 is 17.0 Å². The summed E-state index contributed by atoms with van der Waals surface area (Å²) >= 11 is 0. The molecule has 2 N–H and O–H groups in total. The van der Waals surface area contributed by atoms with Crippen LogP contribution in [0.2, 0.25) is 0 Å². The Bertz CT molecular complexity index is 815. The van der Waals surface area contributed by atoms with Crippen LogP contribution >= 0.6 is 0 Å². The normalized spacial score (nSPS) is 15.3. The third kappa shape index (κ3) is 2.20. The van der Waals surface area contributed by atoms with Gasteiger partial charge < -0.3 is 15.1 Å². The summed E-state index contributed by atoms with van der Waals surface area (Å²) in [5.41, 5.74) is -0.898. The van der Waals surface area contributed by atoms with Crippen molar-refractivity contribution < 1.29 is 9.90 Å². The average Bonchev–Trinajstić information content (AvgIpc) is 2.49. The summed E-state index contributed by atoms with van der Waals surface area (Å²) in [6.45, 7) is 1.35. The van der Waals surface area contributed by atoms with Crippen molar-refractivity contribution in [1.82, 2.24) is 9.66 Å². The first-order chi connectivity index (χ1) is 10.1. The van der Waals surface area contributed by atoms with Crippen LogP contribution in [0.1, 0.15) is 29.6 Å². The van der Waals surface area contributed by atoms with Crippen molar-refractivity contribution in [2.45, 2.75) is 19.3 Å². The first-order valence-electron chi connectivity index (χ1n) is 6.86. The number of fused-ring (bicyclic) bond motifs is 1. The Kier molecular flexibility index (Phi) is 3.25. The van der Waals surface area contributed by atoms with Gasteiger partial charge in [-0.25, -0.2) is 9.47 Å². The molecule has 0 spiro atoms. The lowest BCUT2D eigenvalue weighted by Gasteiger charge is -2.30. The van der Waals surface area contributed by atoms with Crippen molar-refractivity contribution in [2.24, 2.45) is 0 Å². The van der Waals surface area contributed by atoms with Gasteiger partial charge in [-0.2, -0.15) is 0 Å². The fraction of sp³-hybridized carbons (Fsp3) is 0.357. The van der Waals surface area contributed by atoms with Gasteiger partial charge in [0, 0.05) is 13.1 Å². The van der Waals surface area contributed by atoms with E-state index in [4.69, 9.17) is 0 Å². The predicted octanol–water partition coefficient (Wildman–Crippen LogP) is 0.510. The van der Waals surface area contributed by atoms with Gasteiger partial charge in [-0.15, -0.1) is 0 Å². The van der Waals surface area contributed by atoms with Gasteiger partial charge in [0.2, 0.25) is 0 Å². The van der Waals surface area contributed by atoms with E-state index in [1.165, 1.54) is 10.7 Å². The molecule has 21 heavy (non-hydrogen) atoms. The van der Waals surface area contributed by atoms with Gasteiger partial charge in [-0.1, -0.05) is 6.07 Å². The number of hydrogen-bond acceptors (Lipinski definition) is 4. The summed E-state index contributed by atoms with van der Waals surface area (Å²) in [4.78, 5) is 37.7. The molecule has 7 heteroatoms. The highest BCUT2D eigenvalue weighted by Gasteiger charge is 2.19.